The van der Waals surface area contributed by atoms with Gasteiger partial charge in [0, 0.05) is 12.8 Å². The summed E-state index contributed by atoms with van der Waals surface area (Å²) in [6.07, 6.45) is 23.0. The van der Waals surface area contributed by atoms with Gasteiger partial charge < -0.3 is 25.6 Å². The lowest BCUT2D eigenvalue weighted by molar-refractivity contribution is -0.150. The number of hydrogen-bond acceptors (Lipinski definition) is 6. The highest BCUT2D eigenvalue weighted by molar-refractivity contribution is 5.87. The molecule has 0 aliphatic heterocycles. The molecule has 0 aromatic carbocycles. The number of esters is 1. The third kappa shape index (κ3) is 25.3. The van der Waals surface area contributed by atoms with Gasteiger partial charge in [-0.1, -0.05) is 104 Å². The third-order valence-corrected chi connectivity index (χ3v) is 7.35. The second-order valence-corrected chi connectivity index (χ2v) is 11.3. The van der Waals surface area contributed by atoms with Crippen LogP contribution in [0.25, 0.3) is 0 Å². The Bertz CT molecular complexity index is 687. The van der Waals surface area contributed by atoms with E-state index in [9.17, 15) is 19.2 Å². The minimum absolute atomic E-state index is 0.0710. The summed E-state index contributed by atoms with van der Waals surface area (Å²) >= 11 is 0. The Morgan fingerprint density at radius 2 is 1.10 bits per heavy atom. The zero-order valence-electron chi connectivity index (χ0n) is 26.1. The number of carbonyl (C=O) groups excluding carboxylic acids is 3. The van der Waals surface area contributed by atoms with Crippen molar-refractivity contribution in [2.75, 3.05) is 13.2 Å². The fraction of sp³-hybridized carbons (Fsp3) is 0.875. The normalized spacial score (nSPS) is 12.5. The first-order valence-corrected chi connectivity index (χ1v) is 16.4. The molecule has 4 N–H and O–H groups in total. The van der Waals surface area contributed by atoms with E-state index in [2.05, 4.69) is 24.5 Å². The summed E-state index contributed by atoms with van der Waals surface area (Å²) in [6.45, 7) is 3.37. The number of carboxylic acids is 1. The summed E-state index contributed by atoms with van der Waals surface area (Å²) in [5.74, 6) is -2.38. The van der Waals surface area contributed by atoms with Gasteiger partial charge in [0.1, 0.15) is 12.1 Å². The number of carbonyl (C=O) groups is 4. The standard InChI is InChI=1S/C32H60N2O7/c1-3-5-7-9-10-11-12-13-14-15-20-24-31(38)41-27(21-17-8-6-4-2)22-18-16-19-23-29(36)33-25-30(37)34-28(26-35)32(39)40/h27-28,35H,3-26H2,1-2H3,(H,33,36)(H,34,37)(H,39,40). The van der Waals surface area contributed by atoms with Gasteiger partial charge in [0.05, 0.1) is 13.2 Å². The van der Waals surface area contributed by atoms with Crippen LogP contribution in [0.2, 0.25) is 0 Å². The highest BCUT2D eigenvalue weighted by Crippen LogP contribution is 2.17. The van der Waals surface area contributed by atoms with Crippen LogP contribution in [-0.4, -0.2) is 59.3 Å². The quantitative estimate of drug-likeness (QED) is 0.0606. The molecule has 240 valence electrons. The van der Waals surface area contributed by atoms with Crippen molar-refractivity contribution in [2.24, 2.45) is 0 Å². The van der Waals surface area contributed by atoms with Gasteiger partial charge in [-0.25, -0.2) is 4.79 Å². The summed E-state index contributed by atoms with van der Waals surface area (Å²) in [5.41, 5.74) is 0. The van der Waals surface area contributed by atoms with E-state index in [1.54, 1.807) is 0 Å². The molecule has 0 aromatic heterocycles. The molecular formula is C32H60N2O7. The first-order valence-electron chi connectivity index (χ1n) is 16.4. The molecule has 0 spiro atoms. The number of amides is 2. The van der Waals surface area contributed by atoms with Crippen molar-refractivity contribution in [1.82, 2.24) is 10.6 Å². The molecule has 0 saturated carbocycles. The molecule has 0 bridgehead atoms. The number of aliphatic hydroxyl groups excluding tert-OH is 1. The molecule has 0 aromatic rings. The van der Waals surface area contributed by atoms with Crippen molar-refractivity contribution in [3.8, 4) is 0 Å². The number of ether oxygens (including phenoxy) is 1. The molecule has 41 heavy (non-hydrogen) atoms. The van der Waals surface area contributed by atoms with Gasteiger partial charge in [-0.05, 0) is 38.5 Å². The molecule has 0 saturated heterocycles. The number of nitrogens with one attached hydrogen (secondary N) is 2. The third-order valence-electron chi connectivity index (χ3n) is 7.35. The van der Waals surface area contributed by atoms with Crippen LogP contribution in [0, 0.1) is 0 Å². The maximum atomic E-state index is 12.5. The monoisotopic (exact) mass is 584 g/mol. The Morgan fingerprint density at radius 1 is 0.634 bits per heavy atom. The van der Waals surface area contributed by atoms with Crippen LogP contribution in [0.3, 0.4) is 0 Å². The number of unbranched alkanes of at least 4 members (excludes halogenated alkanes) is 15. The molecule has 0 aliphatic rings. The predicted molar refractivity (Wildman–Crippen MR) is 162 cm³/mol. The van der Waals surface area contributed by atoms with E-state index < -0.39 is 24.5 Å². The van der Waals surface area contributed by atoms with Gasteiger partial charge in [-0.15, -0.1) is 0 Å². The Morgan fingerprint density at radius 3 is 1.61 bits per heavy atom. The molecule has 0 radical (unpaired) electrons. The number of rotatable bonds is 29. The van der Waals surface area contributed by atoms with E-state index in [-0.39, 0.29) is 30.9 Å². The summed E-state index contributed by atoms with van der Waals surface area (Å²) in [6, 6.07) is -1.39. The highest BCUT2D eigenvalue weighted by atomic mass is 16.5. The Kier molecular flexibility index (Phi) is 26.5. The minimum Gasteiger partial charge on any atom is -0.480 e. The first kappa shape index (κ1) is 38.8. The SMILES string of the molecule is CCCCCCCCCCCCCC(=O)OC(CCCCCC)CCCCCC(=O)NCC(=O)NC(CO)C(=O)O. The first-order chi connectivity index (χ1) is 19.8. The van der Waals surface area contributed by atoms with Gasteiger partial charge in [0.25, 0.3) is 0 Å². The van der Waals surface area contributed by atoms with Crippen molar-refractivity contribution in [1.29, 1.82) is 0 Å². The number of hydrogen-bond donors (Lipinski definition) is 4. The van der Waals surface area contributed by atoms with Crippen LogP contribution in [0.4, 0.5) is 0 Å². The molecule has 2 unspecified atom stereocenters. The summed E-state index contributed by atoms with van der Waals surface area (Å²) in [5, 5.41) is 22.4. The number of aliphatic hydroxyl groups is 1. The number of aliphatic carboxylic acids is 1. The van der Waals surface area contributed by atoms with Crippen molar-refractivity contribution in [3.05, 3.63) is 0 Å². The molecule has 9 nitrogen and oxygen atoms in total. The van der Waals surface area contributed by atoms with E-state index in [1.807, 2.05) is 0 Å². The van der Waals surface area contributed by atoms with Crippen molar-refractivity contribution in [3.63, 3.8) is 0 Å². The minimum atomic E-state index is -1.39. The smallest absolute Gasteiger partial charge is 0.328 e. The Hall–Kier alpha value is -2.16. The van der Waals surface area contributed by atoms with Gasteiger partial charge in [0.15, 0.2) is 0 Å². The summed E-state index contributed by atoms with van der Waals surface area (Å²) in [4.78, 5) is 47.0. The van der Waals surface area contributed by atoms with Crippen LogP contribution in [0.1, 0.15) is 155 Å². The van der Waals surface area contributed by atoms with E-state index in [0.29, 0.717) is 12.8 Å². The topological polar surface area (TPSA) is 142 Å². The summed E-state index contributed by atoms with van der Waals surface area (Å²) in [7, 11) is 0. The van der Waals surface area contributed by atoms with Gasteiger partial charge in [-0.3, -0.25) is 14.4 Å². The second kappa shape index (κ2) is 28.0. The van der Waals surface area contributed by atoms with Crippen molar-refractivity contribution in [2.45, 2.75) is 167 Å². The lowest BCUT2D eigenvalue weighted by atomic mass is 10.0. The molecule has 2 amide bonds. The Balaban J connectivity index is 4.11. The van der Waals surface area contributed by atoms with Crippen molar-refractivity contribution < 1.29 is 34.1 Å². The fourth-order valence-electron chi connectivity index (χ4n) is 4.77. The molecular weight excluding hydrogens is 524 g/mol. The van der Waals surface area contributed by atoms with Crippen LogP contribution in [0.15, 0.2) is 0 Å². The molecule has 2 atom stereocenters. The molecule has 0 rings (SSSR count). The van der Waals surface area contributed by atoms with Gasteiger partial charge in [0.2, 0.25) is 11.8 Å². The van der Waals surface area contributed by atoms with Crippen LogP contribution in [0.5, 0.6) is 0 Å². The molecule has 9 heteroatoms. The van der Waals surface area contributed by atoms with E-state index in [4.69, 9.17) is 14.9 Å². The zero-order valence-corrected chi connectivity index (χ0v) is 26.1. The average molecular weight is 585 g/mol. The largest absolute Gasteiger partial charge is 0.480 e. The van der Waals surface area contributed by atoms with E-state index in [1.165, 1.54) is 64.2 Å². The second-order valence-electron chi connectivity index (χ2n) is 11.3. The maximum Gasteiger partial charge on any atom is 0.328 e. The lowest BCUT2D eigenvalue weighted by Crippen LogP contribution is -2.47. The summed E-state index contributed by atoms with van der Waals surface area (Å²) < 4.78 is 5.85. The molecule has 0 heterocycles. The van der Waals surface area contributed by atoms with Crippen LogP contribution in [-0.2, 0) is 23.9 Å². The average Bonchev–Trinajstić information content (AvgIpc) is 2.95. The zero-order chi connectivity index (χ0) is 30.6. The predicted octanol–water partition coefficient (Wildman–Crippen LogP) is 6.20. The highest BCUT2D eigenvalue weighted by Gasteiger charge is 2.19. The van der Waals surface area contributed by atoms with Crippen LogP contribution < -0.4 is 10.6 Å². The van der Waals surface area contributed by atoms with E-state index in [0.717, 1.165) is 57.8 Å². The lowest BCUT2D eigenvalue weighted by Gasteiger charge is -2.18. The van der Waals surface area contributed by atoms with Gasteiger partial charge >= 0.3 is 11.9 Å². The van der Waals surface area contributed by atoms with Crippen molar-refractivity contribution >= 4 is 23.8 Å². The maximum absolute atomic E-state index is 12.5. The van der Waals surface area contributed by atoms with E-state index >= 15 is 0 Å². The fourth-order valence-corrected chi connectivity index (χ4v) is 4.77. The number of carboxylic acid groups (broad SMARTS) is 1. The van der Waals surface area contributed by atoms with Gasteiger partial charge in [-0.2, -0.15) is 0 Å². The van der Waals surface area contributed by atoms with Crippen LogP contribution >= 0.6 is 0 Å². The Labute approximate surface area is 249 Å². The molecule has 0 fully saturated rings. The molecule has 0 aliphatic carbocycles.